The minimum Gasteiger partial charge on any atom is -0.438 e. The number of carbonyl (C=O) groups excluding carboxylic acids is 1. The molecule has 0 aliphatic rings. The predicted octanol–water partition coefficient (Wildman–Crippen LogP) is 5.70. The minimum absolute atomic E-state index is 0.116. The summed E-state index contributed by atoms with van der Waals surface area (Å²) in [4.78, 5) is 21.4. The number of anilines is 1. The van der Waals surface area contributed by atoms with E-state index < -0.39 is 0 Å². The first-order valence-corrected chi connectivity index (χ1v) is 9.39. The van der Waals surface area contributed by atoms with Gasteiger partial charge in [0.05, 0.1) is 15.8 Å². The Bertz CT molecular complexity index is 1130. The van der Waals surface area contributed by atoms with Gasteiger partial charge in [0.25, 0.3) is 5.91 Å². The van der Waals surface area contributed by atoms with E-state index in [0.717, 1.165) is 10.9 Å². The van der Waals surface area contributed by atoms with Gasteiger partial charge in [0, 0.05) is 10.7 Å². The van der Waals surface area contributed by atoms with Gasteiger partial charge in [0.1, 0.15) is 12.1 Å². The van der Waals surface area contributed by atoms with Crippen molar-refractivity contribution in [3.8, 4) is 11.6 Å². The van der Waals surface area contributed by atoms with Crippen LogP contribution < -0.4 is 10.1 Å². The van der Waals surface area contributed by atoms with Crippen molar-refractivity contribution in [3.63, 3.8) is 0 Å². The summed E-state index contributed by atoms with van der Waals surface area (Å²) in [5.74, 6) is 0.938. The molecule has 7 heteroatoms. The number of nitrogens with one attached hydrogen (secondary N) is 1. The van der Waals surface area contributed by atoms with Gasteiger partial charge in [0.15, 0.2) is 0 Å². The van der Waals surface area contributed by atoms with Crippen LogP contribution in [0, 0.1) is 6.92 Å². The van der Waals surface area contributed by atoms with Crippen LogP contribution in [0.1, 0.15) is 15.2 Å². The van der Waals surface area contributed by atoms with E-state index in [1.807, 2.05) is 24.4 Å². The maximum absolute atomic E-state index is 12.3. The predicted molar refractivity (Wildman–Crippen MR) is 108 cm³/mol. The van der Waals surface area contributed by atoms with Gasteiger partial charge in [-0.2, -0.15) is 0 Å². The maximum Gasteiger partial charge on any atom is 0.265 e. The highest BCUT2D eigenvalue weighted by Crippen LogP contribution is 2.29. The Kier molecular flexibility index (Phi) is 4.75. The molecule has 0 fully saturated rings. The number of nitrogens with zero attached hydrogens (tertiary/aromatic N) is 2. The monoisotopic (exact) mass is 395 g/mol. The van der Waals surface area contributed by atoms with Crippen molar-refractivity contribution in [2.24, 2.45) is 0 Å². The Balaban J connectivity index is 1.52. The molecule has 0 aliphatic carbocycles. The Morgan fingerprint density at radius 3 is 2.67 bits per heavy atom. The lowest BCUT2D eigenvalue weighted by Crippen LogP contribution is -2.11. The molecule has 1 N–H and O–H groups in total. The first-order valence-electron chi connectivity index (χ1n) is 8.14. The molecule has 0 bridgehead atoms. The van der Waals surface area contributed by atoms with Gasteiger partial charge in [-0.3, -0.25) is 4.79 Å². The highest BCUT2D eigenvalue weighted by atomic mass is 35.5. The van der Waals surface area contributed by atoms with Crippen molar-refractivity contribution in [3.05, 3.63) is 75.7 Å². The maximum atomic E-state index is 12.3. The van der Waals surface area contributed by atoms with Crippen LogP contribution in [0.4, 0.5) is 5.69 Å². The number of thiophene rings is 1. The molecule has 4 rings (SSSR count). The fourth-order valence-corrected chi connectivity index (χ4v) is 3.58. The van der Waals surface area contributed by atoms with Crippen LogP contribution in [0.15, 0.2) is 60.2 Å². The quantitative estimate of drug-likeness (QED) is 0.481. The molecule has 0 unspecified atom stereocenters. The molecular weight excluding hydrogens is 382 g/mol. The summed E-state index contributed by atoms with van der Waals surface area (Å²) >= 11 is 7.43. The molecule has 0 atom stereocenters. The third kappa shape index (κ3) is 3.77. The summed E-state index contributed by atoms with van der Waals surface area (Å²) in [5, 5.41) is 6.17. The number of halogens is 1. The molecule has 0 spiro atoms. The van der Waals surface area contributed by atoms with E-state index in [2.05, 4.69) is 15.3 Å². The van der Waals surface area contributed by atoms with Gasteiger partial charge in [-0.25, -0.2) is 9.97 Å². The molecule has 0 saturated heterocycles. The van der Waals surface area contributed by atoms with Gasteiger partial charge < -0.3 is 10.1 Å². The smallest absolute Gasteiger partial charge is 0.265 e. The van der Waals surface area contributed by atoms with E-state index in [1.54, 1.807) is 36.4 Å². The number of rotatable bonds is 4. The van der Waals surface area contributed by atoms with Crippen molar-refractivity contribution in [2.45, 2.75) is 6.92 Å². The second kappa shape index (κ2) is 7.34. The molecule has 27 heavy (non-hydrogen) atoms. The van der Waals surface area contributed by atoms with Crippen LogP contribution in [0.2, 0.25) is 5.02 Å². The SMILES string of the molecule is Cc1ccsc1C(=O)Nc1ccc(Oc2ncnc3cc(Cl)ccc23)cc1. The van der Waals surface area contributed by atoms with Crippen LogP contribution in [-0.2, 0) is 0 Å². The Morgan fingerprint density at radius 1 is 1.11 bits per heavy atom. The number of fused-ring (bicyclic) bond motifs is 1. The molecule has 0 radical (unpaired) electrons. The number of ether oxygens (including phenoxy) is 1. The van der Waals surface area contributed by atoms with Crippen LogP contribution in [0.25, 0.3) is 10.9 Å². The lowest BCUT2D eigenvalue weighted by atomic mass is 10.2. The molecule has 2 aromatic heterocycles. The van der Waals surface area contributed by atoms with E-state index in [4.69, 9.17) is 16.3 Å². The second-order valence-electron chi connectivity index (χ2n) is 5.85. The highest BCUT2D eigenvalue weighted by Gasteiger charge is 2.11. The Hall–Kier alpha value is -2.96. The second-order valence-corrected chi connectivity index (χ2v) is 7.21. The molecule has 2 heterocycles. The molecule has 0 saturated carbocycles. The zero-order chi connectivity index (χ0) is 18.8. The lowest BCUT2D eigenvalue weighted by molar-refractivity contribution is 0.103. The summed E-state index contributed by atoms with van der Waals surface area (Å²) in [6, 6.07) is 14.4. The minimum atomic E-state index is -0.116. The zero-order valence-electron chi connectivity index (χ0n) is 14.3. The van der Waals surface area contributed by atoms with Crippen LogP contribution in [-0.4, -0.2) is 15.9 Å². The lowest BCUT2D eigenvalue weighted by Gasteiger charge is -2.09. The van der Waals surface area contributed by atoms with Crippen molar-refractivity contribution in [1.29, 1.82) is 0 Å². The third-order valence-corrected chi connectivity index (χ3v) is 5.21. The van der Waals surface area contributed by atoms with Crippen molar-refractivity contribution in [1.82, 2.24) is 9.97 Å². The molecule has 4 aromatic rings. The van der Waals surface area contributed by atoms with Crippen LogP contribution in [0.3, 0.4) is 0 Å². The number of amides is 1. The van der Waals surface area contributed by atoms with Crippen LogP contribution >= 0.6 is 22.9 Å². The summed E-state index contributed by atoms with van der Waals surface area (Å²) in [6.07, 6.45) is 1.44. The fraction of sp³-hybridized carbons (Fsp3) is 0.0500. The number of aryl methyl sites for hydroxylation is 1. The highest BCUT2D eigenvalue weighted by molar-refractivity contribution is 7.12. The molecule has 1 amide bonds. The number of hydrogen-bond acceptors (Lipinski definition) is 5. The first-order chi connectivity index (χ1) is 13.1. The summed E-state index contributed by atoms with van der Waals surface area (Å²) in [6.45, 7) is 1.92. The van der Waals surface area contributed by atoms with Gasteiger partial charge in [-0.15, -0.1) is 11.3 Å². The molecule has 134 valence electrons. The standard InChI is InChI=1S/C20H14ClN3O2S/c1-12-8-9-27-18(12)19(25)24-14-3-5-15(6-4-14)26-20-16-7-2-13(21)10-17(16)22-11-23-20/h2-11H,1H3,(H,24,25). The van der Waals surface area contributed by atoms with E-state index in [9.17, 15) is 4.79 Å². The van der Waals surface area contributed by atoms with Gasteiger partial charge >= 0.3 is 0 Å². The largest absolute Gasteiger partial charge is 0.438 e. The first kappa shape index (κ1) is 17.5. The summed E-state index contributed by atoms with van der Waals surface area (Å²) in [5.41, 5.74) is 2.37. The molecule has 0 aliphatic heterocycles. The van der Waals surface area contributed by atoms with Gasteiger partial charge in [0.2, 0.25) is 5.88 Å². The van der Waals surface area contributed by atoms with Crippen LogP contribution in [0.5, 0.6) is 11.6 Å². The van der Waals surface area contributed by atoms with Gasteiger partial charge in [-0.05, 0) is 66.4 Å². The molecule has 2 aromatic carbocycles. The topological polar surface area (TPSA) is 64.1 Å². The van der Waals surface area contributed by atoms with Crippen molar-refractivity contribution >= 4 is 45.4 Å². The number of aromatic nitrogens is 2. The average Bonchev–Trinajstić information content (AvgIpc) is 3.09. The normalized spacial score (nSPS) is 10.7. The average molecular weight is 396 g/mol. The van der Waals surface area contributed by atoms with Crippen molar-refractivity contribution in [2.75, 3.05) is 5.32 Å². The van der Waals surface area contributed by atoms with Gasteiger partial charge in [-0.1, -0.05) is 11.6 Å². The number of hydrogen-bond donors (Lipinski definition) is 1. The fourth-order valence-electron chi connectivity index (χ4n) is 2.60. The summed E-state index contributed by atoms with van der Waals surface area (Å²) in [7, 11) is 0. The number of benzene rings is 2. The molecule has 5 nitrogen and oxygen atoms in total. The van der Waals surface area contributed by atoms with Crippen molar-refractivity contribution < 1.29 is 9.53 Å². The van der Waals surface area contributed by atoms with E-state index in [1.165, 1.54) is 17.7 Å². The van der Waals surface area contributed by atoms with E-state index in [0.29, 0.717) is 32.7 Å². The zero-order valence-corrected chi connectivity index (χ0v) is 15.8. The Morgan fingerprint density at radius 2 is 1.93 bits per heavy atom. The summed E-state index contributed by atoms with van der Waals surface area (Å²) < 4.78 is 5.88. The Labute approximate surface area is 164 Å². The van der Waals surface area contributed by atoms with E-state index in [-0.39, 0.29) is 5.91 Å². The third-order valence-electron chi connectivity index (χ3n) is 3.96. The number of carbonyl (C=O) groups is 1. The molecular formula is C20H14ClN3O2S. The van der Waals surface area contributed by atoms with E-state index >= 15 is 0 Å².